The molecule has 1 aliphatic rings. The van der Waals surface area contributed by atoms with Crippen molar-refractivity contribution >= 4 is 11.3 Å². The molecular formula is C15H27N3S. The van der Waals surface area contributed by atoms with Gasteiger partial charge in [-0.1, -0.05) is 13.8 Å². The van der Waals surface area contributed by atoms with Gasteiger partial charge in [0.15, 0.2) is 0 Å². The lowest BCUT2D eigenvalue weighted by molar-refractivity contribution is 0.194. The van der Waals surface area contributed by atoms with Gasteiger partial charge in [0.2, 0.25) is 0 Å². The van der Waals surface area contributed by atoms with E-state index in [9.17, 15) is 0 Å². The van der Waals surface area contributed by atoms with Gasteiger partial charge in [0.1, 0.15) is 0 Å². The van der Waals surface area contributed by atoms with Gasteiger partial charge in [-0.3, -0.25) is 0 Å². The molecule has 0 amide bonds. The van der Waals surface area contributed by atoms with Gasteiger partial charge in [-0.05, 0) is 45.3 Å². The van der Waals surface area contributed by atoms with Gasteiger partial charge in [-0.25, -0.2) is 4.98 Å². The van der Waals surface area contributed by atoms with E-state index in [2.05, 4.69) is 31.0 Å². The Balaban J connectivity index is 1.79. The predicted molar refractivity (Wildman–Crippen MR) is 82.8 cm³/mol. The summed E-state index contributed by atoms with van der Waals surface area (Å²) in [6, 6.07) is 0. The summed E-state index contributed by atoms with van der Waals surface area (Å²) in [7, 11) is 0. The maximum Gasteiger partial charge on any atom is 0.0944 e. The second kappa shape index (κ2) is 7.36. The summed E-state index contributed by atoms with van der Waals surface area (Å²) in [4.78, 5) is 8.72. The van der Waals surface area contributed by atoms with Crippen LogP contribution in [0.2, 0.25) is 0 Å². The summed E-state index contributed by atoms with van der Waals surface area (Å²) in [6.45, 7) is 12.4. The average molecular weight is 281 g/mol. The van der Waals surface area contributed by atoms with E-state index in [0.717, 1.165) is 25.4 Å². The molecule has 2 rings (SSSR count). The highest BCUT2D eigenvalue weighted by atomic mass is 32.1. The van der Waals surface area contributed by atoms with Crippen LogP contribution in [0.25, 0.3) is 0 Å². The summed E-state index contributed by atoms with van der Waals surface area (Å²) in [5.41, 5.74) is 1.22. The first-order chi connectivity index (χ1) is 9.19. The van der Waals surface area contributed by atoms with Gasteiger partial charge >= 0.3 is 0 Å². The van der Waals surface area contributed by atoms with Crippen LogP contribution in [0.15, 0.2) is 0 Å². The van der Waals surface area contributed by atoms with Crippen molar-refractivity contribution in [1.82, 2.24) is 15.2 Å². The lowest BCUT2D eigenvalue weighted by Crippen LogP contribution is -2.34. The smallest absolute Gasteiger partial charge is 0.0944 e. The minimum atomic E-state index is 0.921. The number of thiazole rings is 1. The highest BCUT2D eigenvalue weighted by Gasteiger charge is 2.16. The quantitative estimate of drug-likeness (QED) is 0.869. The molecule has 0 aliphatic carbocycles. The van der Waals surface area contributed by atoms with Crippen molar-refractivity contribution in [2.45, 2.75) is 46.6 Å². The minimum absolute atomic E-state index is 0.921. The second-order valence-electron chi connectivity index (χ2n) is 5.67. The molecule has 1 saturated heterocycles. The number of hydrogen-bond acceptors (Lipinski definition) is 4. The van der Waals surface area contributed by atoms with E-state index >= 15 is 0 Å². The SMILES string of the molecule is CCNCc1sc(CCN2CCC(C)CC2)nc1C. The van der Waals surface area contributed by atoms with E-state index in [1.54, 1.807) is 0 Å². The third kappa shape index (κ3) is 4.55. The van der Waals surface area contributed by atoms with Crippen molar-refractivity contribution in [3.63, 3.8) is 0 Å². The molecule has 1 fully saturated rings. The summed E-state index contributed by atoms with van der Waals surface area (Å²) < 4.78 is 0. The topological polar surface area (TPSA) is 28.2 Å². The van der Waals surface area contributed by atoms with Crippen molar-refractivity contribution < 1.29 is 0 Å². The number of rotatable bonds is 6. The molecular weight excluding hydrogens is 254 g/mol. The van der Waals surface area contributed by atoms with E-state index in [1.165, 1.54) is 48.1 Å². The molecule has 1 aromatic rings. The number of aryl methyl sites for hydroxylation is 1. The van der Waals surface area contributed by atoms with Crippen molar-refractivity contribution in [2.24, 2.45) is 5.92 Å². The zero-order valence-electron chi connectivity index (χ0n) is 12.5. The number of hydrogen-bond donors (Lipinski definition) is 1. The first-order valence-electron chi connectivity index (χ1n) is 7.57. The highest BCUT2D eigenvalue weighted by molar-refractivity contribution is 7.11. The molecule has 0 atom stereocenters. The van der Waals surface area contributed by atoms with E-state index < -0.39 is 0 Å². The third-order valence-corrected chi connectivity index (χ3v) is 5.21. The third-order valence-electron chi connectivity index (χ3n) is 3.99. The maximum absolute atomic E-state index is 4.71. The molecule has 0 radical (unpaired) electrons. The van der Waals surface area contributed by atoms with E-state index in [4.69, 9.17) is 4.98 Å². The number of likely N-dealkylation sites (tertiary alicyclic amines) is 1. The zero-order chi connectivity index (χ0) is 13.7. The first-order valence-corrected chi connectivity index (χ1v) is 8.39. The van der Waals surface area contributed by atoms with Crippen LogP contribution in [-0.2, 0) is 13.0 Å². The van der Waals surface area contributed by atoms with Crippen molar-refractivity contribution in [2.75, 3.05) is 26.2 Å². The molecule has 0 aromatic carbocycles. The molecule has 3 nitrogen and oxygen atoms in total. The average Bonchev–Trinajstić information content (AvgIpc) is 2.76. The molecule has 1 aliphatic heterocycles. The Kier molecular flexibility index (Phi) is 5.79. The summed E-state index contributed by atoms with van der Waals surface area (Å²) in [6.07, 6.45) is 3.84. The van der Waals surface area contributed by atoms with Crippen molar-refractivity contribution in [3.05, 3.63) is 15.6 Å². The van der Waals surface area contributed by atoms with Gasteiger partial charge in [-0.15, -0.1) is 11.3 Å². The van der Waals surface area contributed by atoms with E-state index in [-0.39, 0.29) is 0 Å². The van der Waals surface area contributed by atoms with Gasteiger partial charge in [0, 0.05) is 24.4 Å². The van der Waals surface area contributed by atoms with Gasteiger partial charge in [-0.2, -0.15) is 0 Å². The van der Waals surface area contributed by atoms with E-state index in [1.807, 2.05) is 11.3 Å². The second-order valence-corrected chi connectivity index (χ2v) is 6.84. The van der Waals surface area contributed by atoms with Gasteiger partial charge < -0.3 is 10.2 Å². The van der Waals surface area contributed by atoms with Crippen molar-refractivity contribution in [1.29, 1.82) is 0 Å². The highest BCUT2D eigenvalue weighted by Crippen LogP contribution is 2.20. The fourth-order valence-corrected chi connectivity index (χ4v) is 3.57. The normalized spacial score (nSPS) is 18.1. The summed E-state index contributed by atoms with van der Waals surface area (Å²) in [5, 5.41) is 4.70. The van der Waals surface area contributed by atoms with Crippen LogP contribution in [0.3, 0.4) is 0 Å². The molecule has 0 spiro atoms. The maximum atomic E-state index is 4.71. The van der Waals surface area contributed by atoms with Crippen LogP contribution in [0.4, 0.5) is 0 Å². The predicted octanol–water partition coefficient (Wildman–Crippen LogP) is 2.84. The summed E-state index contributed by atoms with van der Waals surface area (Å²) in [5.74, 6) is 0.921. The van der Waals surface area contributed by atoms with Crippen LogP contribution in [-0.4, -0.2) is 36.1 Å². The Bertz CT molecular complexity index is 381. The number of nitrogens with zero attached hydrogens (tertiary/aromatic N) is 2. The fraction of sp³-hybridized carbons (Fsp3) is 0.800. The van der Waals surface area contributed by atoms with Crippen LogP contribution >= 0.6 is 11.3 Å². The first kappa shape index (κ1) is 14.9. The molecule has 19 heavy (non-hydrogen) atoms. The largest absolute Gasteiger partial charge is 0.312 e. The Morgan fingerprint density at radius 1 is 1.37 bits per heavy atom. The molecule has 0 unspecified atom stereocenters. The molecule has 1 N–H and O–H groups in total. The number of nitrogens with one attached hydrogen (secondary N) is 1. The number of piperidine rings is 1. The Hall–Kier alpha value is -0.450. The lowest BCUT2D eigenvalue weighted by atomic mass is 9.99. The monoisotopic (exact) mass is 281 g/mol. The Labute approximate surface area is 121 Å². The van der Waals surface area contributed by atoms with Crippen LogP contribution < -0.4 is 5.32 Å². The summed E-state index contributed by atoms with van der Waals surface area (Å²) >= 11 is 1.89. The van der Waals surface area contributed by atoms with Crippen molar-refractivity contribution in [3.8, 4) is 0 Å². The standard InChI is InChI=1S/C15H27N3S/c1-4-16-11-14-13(3)17-15(19-14)7-10-18-8-5-12(2)6-9-18/h12,16H,4-11H2,1-3H3. The zero-order valence-corrected chi connectivity index (χ0v) is 13.4. The lowest BCUT2D eigenvalue weighted by Gasteiger charge is -2.29. The Morgan fingerprint density at radius 3 is 2.79 bits per heavy atom. The fourth-order valence-electron chi connectivity index (χ4n) is 2.54. The molecule has 1 aromatic heterocycles. The molecule has 0 saturated carbocycles. The Morgan fingerprint density at radius 2 is 2.11 bits per heavy atom. The van der Waals surface area contributed by atoms with Gasteiger partial charge in [0.05, 0.1) is 10.7 Å². The van der Waals surface area contributed by atoms with Crippen LogP contribution in [0.5, 0.6) is 0 Å². The minimum Gasteiger partial charge on any atom is -0.312 e. The molecule has 0 bridgehead atoms. The molecule has 2 heterocycles. The van der Waals surface area contributed by atoms with Crippen LogP contribution in [0, 0.1) is 12.8 Å². The molecule has 4 heteroatoms. The number of aromatic nitrogens is 1. The molecule has 108 valence electrons. The van der Waals surface area contributed by atoms with Gasteiger partial charge in [0.25, 0.3) is 0 Å². The van der Waals surface area contributed by atoms with E-state index in [0.29, 0.717) is 0 Å². The van der Waals surface area contributed by atoms with Crippen LogP contribution in [0.1, 0.15) is 42.3 Å².